The molecule has 1 aromatic rings. The Kier molecular flexibility index (Phi) is 9.92. The van der Waals surface area contributed by atoms with Gasteiger partial charge in [0.2, 0.25) is 0 Å². The highest BCUT2D eigenvalue weighted by molar-refractivity contribution is 9.10. The SMILES string of the molecule is C#CCOc1ccc(Br)cc1CNCCCOCCOC. The molecule has 116 valence electrons. The van der Waals surface area contributed by atoms with Crippen LogP contribution in [0.15, 0.2) is 22.7 Å². The fourth-order valence-electron chi connectivity index (χ4n) is 1.71. The summed E-state index contributed by atoms with van der Waals surface area (Å²) in [6, 6.07) is 5.90. The predicted octanol–water partition coefficient (Wildman–Crippen LogP) is 2.60. The molecule has 0 saturated carbocycles. The normalized spacial score (nSPS) is 10.3. The molecule has 0 atom stereocenters. The lowest BCUT2D eigenvalue weighted by Gasteiger charge is -2.11. The lowest BCUT2D eigenvalue weighted by Crippen LogP contribution is -2.17. The highest BCUT2D eigenvalue weighted by Gasteiger charge is 2.04. The van der Waals surface area contributed by atoms with E-state index < -0.39 is 0 Å². The van der Waals surface area contributed by atoms with Gasteiger partial charge >= 0.3 is 0 Å². The molecule has 4 nitrogen and oxygen atoms in total. The second-order valence-corrected chi connectivity index (χ2v) is 5.30. The van der Waals surface area contributed by atoms with E-state index in [4.69, 9.17) is 20.6 Å². The van der Waals surface area contributed by atoms with Gasteiger partial charge < -0.3 is 19.5 Å². The average Bonchev–Trinajstić information content (AvgIpc) is 2.49. The van der Waals surface area contributed by atoms with Crippen LogP contribution in [0.3, 0.4) is 0 Å². The van der Waals surface area contributed by atoms with Crippen LogP contribution in [0.2, 0.25) is 0 Å². The van der Waals surface area contributed by atoms with Crippen molar-refractivity contribution in [2.75, 3.05) is 40.1 Å². The molecule has 0 spiro atoms. The zero-order chi connectivity index (χ0) is 15.3. The van der Waals surface area contributed by atoms with Crippen LogP contribution in [0.25, 0.3) is 0 Å². The van der Waals surface area contributed by atoms with Crippen molar-refractivity contribution in [3.8, 4) is 18.1 Å². The average molecular weight is 356 g/mol. The summed E-state index contributed by atoms with van der Waals surface area (Å²) in [5, 5.41) is 3.37. The first kappa shape index (κ1) is 18.0. The Hall–Kier alpha value is -1.06. The van der Waals surface area contributed by atoms with Crippen molar-refractivity contribution >= 4 is 15.9 Å². The fraction of sp³-hybridized carbons (Fsp3) is 0.500. The maximum absolute atomic E-state index is 5.53. The van der Waals surface area contributed by atoms with Gasteiger partial charge in [0.05, 0.1) is 13.2 Å². The third-order valence-electron chi connectivity index (χ3n) is 2.72. The molecule has 1 N–H and O–H groups in total. The standard InChI is InChI=1S/C16H22BrNO3/c1-3-8-21-16-6-5-15(17)12-14(16)13-18-7-4-9-20-11-10-19-2/h1,5-6,12,18H,4,7-11,13H2,2H3. The van der Waals surface area contributed by atoms with Crippen molar-refractivity contribution in [3.05, 3.63) is 28.2 Å². The van der Waals surface area contributed by atoms with Crippen LogP contribution in [-0.2, 0) is 16.0 Å². The first-order valence-corrected chi connectivity index (χ1v) is 7.69. The summed E-state index contributed by atoms with van der Waals surface area (Å²) in [5.41, 5.74) is 1.08. The predicted molar refractivity (Wildman–Crippen MR) is 87.5 cm³/mol. The molecule has 21 heavy (non-hydrogen) atoms. The van der Waals surface area contributed by atoms with E-state index in [1.165, 1.54) is 0 Å². The van der Waals surface area contributed by atoms with Crippen LogP contribution in [-0.4, -0.2) is 40.1 Å². The lowest BCUT2D eigenvalue weighted by molar-refractivity contribution is 0.0694. The van der Waals surface area contributed by atoms with E-state index in [9.17, 15) is 0 Å². The number of hydrogen-bond acceptors (Lipinski definition) is 4. The zero-order valence-corrected chi connectivity index (χ0v) is 13.9. The van der Waals surface area contributed by atoms with Crippen molar-refractivity contribution in [1.29, 1.82) is 0 Å². The second kappa shape index (κ2) is 11.6. The first-order valence-electron chi connectivity index (χ1n) is 6.90. The lowest BCUT2D eigenvalue weighted by atomic mass is 10.2. The Morgan fingerprint density at radius 1 is 1.29 bits per heavy atom. The van der Waals surface area contributed by atoms with Gasteiger partial charge in [0.15, 0.2) is 0 Å². The molecule has 1 rings (SSSR count). The minimum atomic E-state index is 0.280. The summed E-state index contributed by atoms with van der Waals surface area (Å²) in [5.74, 6) is 3.30. The summed E-state index contributed by atoms with van der Waals surface area (Å²) in [4.78, 5) is 0. The molecule has 0 fully saturated rings. The van der Waals surface area contributed by atoms with Crippen LogP contribution in [0.1, 0.15) is 12.0 Å². The number of benzene rings is 1. The molecule has 0 aromatic heterocycles. The number of rotatable bonds is 11. The first-order chi connectivity index (χ1) is 10.3. The Balaban J connectivity index is 2.27. The Morgan fingerprint density at radius 3 is 2.90 bits per heavy atom. The highest BCUT2D eigenvalue weighted by Crippen LogP contribution is 2.23. The van der Waals surface area contributed by atoms with Crippen LogP contribution < -0.4 is 10.1 Å². The van der Waals surface area contributed by atoms with Gasteiger partial charge in [-0.1, -0.05) is 21.9 Å². The number of nitrogens with one attached hydrogen (secondary N) is 1. The summed E-state index contributed by atoms with van der Waals surface area (Å²) >= 11 is 3.47. The Morgan fingerprint density at radius 2 is 2.14 bits per heavy atom. The summed E-state index contributed by atoms with van der Waals surface area (Å²) in [6.45, 7) is 3.91. The third kappa shape index (κ3) is 8.08. The monoisotopic (exact) mass is 355 g/mol. The summed E-state index contributed by atoms with van der Waals surface area (Å²) in [7, 11) is 1.67. The van der Waals surface area contributed by atoms with Gasteiger partial charge in [-0.3, -0.25) is 0 Å². The molecular formula is C16H22BrNO3. The molecule has 0 radical (unpaired) electrons. The minimum Gasteiger partial charge on any atom is -0.481 e. The van der Waals surface area contributed by atoms with Crippen molar-refractivity contribution in [1.82, 2.24) is 5.32 Å². The second-order valence-electron chi connectivity index (χ2n) is 4.38. The topological polar surface area (TPSA) is 39.7 Å². The van der Waals surface area contributed by atoms with Crippen LogP contribution in [0, 0.1) is 12.3 Å². The summed E-state index contributed by atoms with van der Waals surface area (Å²) < 4.78 is 16.9. The van der Waals surface area contributed by atoms with Gasteiger partial charge in [0, 0.05) is 30.3 Å². The maximum atomic E-state index is 5.53. The van der Waals surface area contributed by atoms with Gasteiger partial charge in [0.25, 0.3) is 0 Å². The molecule has 0 aliphatic heterocycles. The smallest absolute Gasteiger partial charge is 0.148 e. The largest absolute Gasteiger partial charge is 0.481 e. The van der Waals surface area contributed by atoms with Crippen molar-refractivity contribution in [2.45, 2.75) is 13.0 Å². The minimum absolute atomic E-state index is 0.280. The molecular weight excluding hydrogens is 334 g/mol. The molecule has 0 aliphatic rings. The van der Waals surface area contributed by atoms with Gasteiger partial charge in [-0.25, -0.2) is 0 Å². The summed E-state index contributed by atoms with van der Waals surface area (Å²) in [6.07, 6.45) is 6.18. The number of hydrogen-bond donors (Lipinski definition) is 1. The van der Waals surface area contributed by atoms with E-state index in [2.05, 4.69) is 27.2 Å². The van der Waals surface area contributed by atoms with E-state index >= 15 is 0 Å². The quantitative estimate of drug-likeness (QED) is 0.489. The molecule has 0 aliphatic carbocycles. The number of terminal acetylenes is 1. The van der Waals surface area contributed by atoms with Crippen LogP contribution in [0.5, 0.6) is 5.75 Å². The van der Waals surface area contributed by atoms with Gasteiger partial charge in [-0.2, -0.15) is 0 Å². The van der Waals surface area contributed by atoms with Crippen LogP contribution in [0.4, 0.5) is 0 Å². The van der Waals surface area contributed by atoms with E-state index in [1.54, 1.807) is 7.11 Å². The molecule has 5 heteroatoms. The van der Waals surface area contributed by atoms with Crippen molar-refractivity contribution in [2.24, 2.45) is 0 Å². The molecule has 0 bridgehead atoms. The van der Waals surface area contributed by atoms with Gasteiger partial charge in [-0.15, -0.1) is 6.42 Å². The van der Waals surface area contributed by atoms with E-state index in [1.807, 2.05) is 18.2 Å². The molecule has 0 saturated heterocycles. The number of ether oxygens (including phenoxy) is 3. The number of methoxy groups -OCH3 is 1. The van der Waals surface area contributed by atoms with Gasteiger partial charge in [0.1, 0.15) is 12.4 Å². The van der Waals surface area contributed by atoms with Crippen molar-refractivity contribution < 1.29 is 14.2 Å². The van der Waals surface area contributed by atoms with E-state index in [0.717, 1.165) is 41.9 Å². The Labute approximate surface area is 135 Å². The van der Waals surface area contributed by atoms with Crippen LogP contribution >= 0.6 is 15.9 Å². The Bertz CT molecular complexity index is 446. The van der Waals surface area contributed by atoms with E-state index in [0.29, 0.717) is 13.2 Å². The zero-order valence-electron chi connectivity index (χ0n) is 12.4. The van der Waals surface area contributed by atoms with Gasteiger partial charge in [-0.05, 0) is 31.2 Å². The molecule has 0 heterocycles. The third-order valence-corrected chi connectivity index (χ3v) is 3.22. The molecule has 0 amide bonds. The number of halogens is 1. The molecule has 1 aromatic carbocycles. The highest BCUT2D eigenvalue weighted by atomic mass is 79.9. The molecule has 0 unspecified atom stereocenters. The van der Waals surface area contributed by atoms with E-state index in [-0.39, 0.29) is 6.61 Å². The van der Waals surface area contributed by atoms with Crippen molar-refractivity contribution in [3.63, 3.8) is 0 Å². The fourth-order valence-corrected chi connectivity index (χ4v) is 2.12. The maximum Gasteiger partial charge on any atom is 0.148 e.